The van der Waals surface area contributed by atoms with E-state index in [0.717, 1.165) is 11.5 Å². The first-order valence-corrected chi connectivity index (χ1v) is 9.90. The summed E-state index contributed by atoms with van der Waals surface area (Å²) >= 11 is 0. The lowest BCUT2D eigenvalue weighted by molar-refractivity contribution is -0.00309. The van der Waals surface area contributed by atoms with Crippen LogP contribution in [0.15, 0.2) is 54.6 Å². The molecule has 3 heteroatoms. The maximum atomic E-state index is 10.9. The molecule has 2 fully saturated rings. The van der Waals surface area contributed by atoms with Crippen LogP contribution in [0.2, 0.25) is 0 Å². The first-order valence-electron chi connectivity index (χ1n) is 9.90. The smallest absolute Gasteiger partial charge is 0.115 e. The molecule has 0 spiro atoms. The van der Waals surface area contributed by atoms with Gasteiger partial charge in [0.05, 0.1) is 6.10 Å². The van der Waals surface area contributed by atoms with Crippen LogP contribution in [0.3, 0.4) is 0 Å². The number of hydrogen-bond acceptors (Lipinski definition) is 3. The molecule has 2 saturated heterocycles. The van der Waals surface area contributed by atoms with Crippen molar-refractivity contribution in [3.05, 3.63) is 65.7 Å². The van der Waals surface area contributed by atoms with Gasteiger partial charge in [0.1, 0.15) is 5.75 Å². The zero-order valence-corrected chi connectivity index (χ0v) is 15.5. The van der Waals surface area contributed by atoms with E-state index in [0.29, 0.717) is 12.1 Å². The number of aliphatic hydroxyl groups is 1. The van der Waals surface area contributed by atoms with Gasteiger partial charge in [-0.15, -0.1) is 0 Å². The monoisotopic (exact) mass is 351 g/mol. The van der Waals surface area contributed by atoms with Crippen LogP contribution in [0.5, 0.6) is 5.75 Å². The second-order valence-corrected chi connectivity index (χ2v) is 8.14. The summed E-state index contributed by atoms with van der Waals surface area (Å²) in [6.07, 6.45) is 5.64. The lowest BCUT2D eigenvalue weighted by atomic mass is 9.84. The van der Waals surface area contributed by atoms with Gasteiger partial charge >= 0.3 is 0 Å². The van der Waals surface area contributed by atoms with Crippen molar-refractivity contribution in [3.63, 3.8) is 0 Å². The number of piperidine rings is 1. The number of hydrogen-bond donors (Lipinski definition) is 2. The molecule has 26 heavy (non-hydrogen) atoms. The van der Waals surface area contributed by atoms with Crippen molar-refractivity contribution in [1.82, 2.24) is 4.90 Å². The van der Waals surface area contributed by atoms with Crippen molar-refractivity contribution in [3.8, 4) is 5.75 Å². The highest BCUT2D eigenvalue weighted by Crippen LogP contribution is 2.43. The van der Waals surface area contributed by atoms with Gasteiger partial charge in [-0.1, -0.05) is 42.5 Å². The highest BCUT2D eigenvalue weighted by Gasteiger charge is 2.44. The first-order chi connectivity index (χ1) is 12.6. The number of phenols is 1. The van der Waals surface area contributed by atoms with Crippen LogP contribution in [0.1, 0.15) is 49.8 Å². The third-order valence-corrected chi connectivity index (χ3v) is 6.42. The van der Waals surface area contributed by atoms with Crippen LogP contribution in [0, 0.1) is 5.92 Å². The Hall–Kier alpha value is -1.84. The summed E-state index contributed by atoms with van der Waals surface area (Å²) in [5, 5.41) is 20.4. The maximum absolute atomic E-state index is 10.9. The number of benzene rings is 2. The van der Waals surface area contributed by atoms with Crippen molar-refractivity contribution in [1.29, 1.82) is 0 Å². The van der Waals surface area contributed by atoms with Crippen molar-refractivity contribution in [2.75, 3.05) is 0 Å². The fourth-order valence-corrected chi connectivity index (χ4v) is 5.22. The van der Waals surface area contributed by atoms with E-state index in [4.69, 9.17) is 0 Å². The number of rotatable bonds is 5. The lowest BCUT2D eigenvalue weighted by Crippen LogP contribution is -2.50. The highest BCUT2D eigenvalue weighted by molar-refractivity contribution is 5.28. The zero-order valence-electron chi connectivity index (χ0n) is 15.5. The molecule has 4 rings (SSSR count). The van der Waals surface area contributed by atoms with E-state index >= 15 is 0 Å². The highest BCUT2D eigenvalue weighted by atomic mass is 16.3. The number of phenolic OH excluding ortho intramolecular Hbond substituents is 1. The largest absolute Gasteiger partial charge is 0.508 e. The van der Waals surface area contributed by atoms with E-state index in [1.807, 2.05) is 12.1 Å². The van der Waals surface area contributed by atoms with Gasteiger partial charge < -0.3 is 10.2 Å². The third kappa shape index (κ3) is 3.51. The molecule has 0 aromatic heterocycles. The zero-order chi connectivity index (χ0) is 18.1. The molecule has 138 valence electrons. The van der Waals surface area contributed by atoms with Crippen LogP contribution >= 0.6 is 0 Å². The average Bonchev–Trinajstić information content (AvgIpc) is 2.92. The van der Waals surface area contributed by atoms with Gasteiger partial charge in [0, 0.05) is 18.1 Å². The van der Waals surface area contributed by atoms with E-state index in [9.17, 15) is 10.2 Å². The summed E-state index contributed by atoms with van der Waals surface area (Å²) in [6, 6.07) is 19.1. The molecule has 2 aromatic rings. The predicted octanol–water partition coefficient (Wildman–Crippen LogP) is 4.30. The Morgan fingerprint density at radius 3 is 2.19 bits per heavy atom. The summed E-state index contributed by atoms with van der Waals surface area (Å²) in [4.78, 5) is 2.58. The van der Waals surface area contributed by atoms with E-state index in [-0.39, 0.29) is 11.8 Å². The Morgan fingerprint density at radius 1 is 0.962 bits per heavy atom. The van der Waals surface area contributed by atoms with Crippen molar-refractivity contribution >= 4 is 0 Å². The third-order valence-electron chi connectivity index (χ3n) is 6.42. The van der Waals surface area contributed by atoms with Crippen LogP contribution in [0.25, 0.3) is 0 Å². The minimum absolute atomic E-state index is 0.106. The average molecular weight is 351 g/mol. The number of fused-ring (bicyclic) bond motifs is 2. The Labute approximate surface area is 156 Å². The van der Waals surface area contributed by atoms with Crippen molar-refractivity contribution in [2.45, 2.75) is 63.3 Å². The fraction of sp³-hybridized carbons (Fsp3) is 0.478. The molecule has 0 radical (unpaired) electrons. The second-order valence-electron chi connectivity index (χ2n) is 8.14. The molecule has 0 aliphatic carbocycles. The van der Waals surface area contributed by atoms with Gasteiger partial charge in [0.15, 0.2) is 0 Å². The van der Waals surface area contributed by atoms with Crippen molar-refractivity contribution < 1.29 is 10.2 Å². The summed E-state index contributed by atoms with van der Waals surface area (Å²) in [7, 11) is 0. The minimum Gasteiger partial charge on any atom is -0.508 e. The van der Waals surface area contributed by atoms with Gasteiger partial charge in [0.25, 0.3) is 0 Å². The van der Waals surface area contributed by atoms with Gasteiger partial charge in [0.2, 0.25) is 0 Å². The van der Waals surface area contributed by atoms with Gasteiger partial charge in [-0.3, -0.25) is 4.90 Å². The predicted molar refractivity (Wildman–Crippen MR) is 104 cm³/mol. The fourth-order valence-electron chi connectivity index (χ4n) is 5.22. The molecular formula is C23H29NO2. The first kappa shape index (κ1) is 17.6. The van der Waals surface area contributed by atoms with Crippen molar-refractivity contribution in [2.24, 2.45) is 5.92 Å². The summed E-state index contributed by atoms with van der Waals surface area (Å²) in [6.45, 7) is 2.15. The molecule has 2 aromatic carbocycles. The maximum Gasteiger partial charge on any atom is 0.115 e. The SMILES string of the molecule is C[C@H]([C@@H](O)c1ccc(O)cc1)N1C2CCC1CC(Cc1ccccc1)C2. The standard InChI is InChI=1S/C23H29NO2/c1-16(23(26)19-7-11-22(25)12-8-19)24-20-9-10-21(24)15-18(14-20)13-17-5-3-2-4-6-17/h2-8,11-12,16,18,20-21,23,25-26H,9-10,13-15H2,1H3/t16-,18?,20?,21?,23-/m1/s1. The van der Waals surface area contributed by atoms with Gasteiger partial charge in [-0.05, 0) is 68.2 Å². The summed E-state index contributed by atoms with van der Waals surface area (Å²) in [5.74, 6) is 1.000. The summed E-state index contributed by atoms with van der Waals surface area (Å²) < 4.78 is 0. The molecule has 0 amide bonds. The molecule has 3 nitrogen and oxygen atoms in total. The van der Waals surface area contributed by atoms with Gasteiger partial charge in [-0.25, -0.2) is 0 Å². The van der Waals surface area contributed by atoms with E-state index in [1.54, 1.807) is 12.1 Å². The summed E-state index contributed by atoms with van der Waals surface area (Å²) in [5.41, 5.74) is 2.34. The lowest BCUT2D eigenvalue weighted by Gasteiger charge is -2.44. The van der Waals surface area contributed by atoms with Crippen LogP contribution in [-0.4, -0.2) is 33.2 Å². The quantitative estimate of drug-likeness (QED) is 0.844. The Morgan fingerprint density at radius 2 is 1.58 bits per heavy atom. The molecular weight excluding hydrogens is 322 g/mol. The normalized spacial score (nSPS) is 28.0. The molecule has 2 bridgehead atoms. The van der Waals surface area contributed by atoms with Gasteiger partial charge in [-0.2, -0.15) is 0 Å². The Balaban J connectivity index is 1.43. The topological polar surface area (TPSA) is 43.7 Å². The molecule has 2 aliphatic rings. The molecule has 4 atom stereocenters. The molecule has 2 aliphatic heterocycles. The van der Waals surface area contributed by atoms with E-state index < -0.39 is 6.10 Å². The Bertz CT molecular complexity index is 701. The molecule has 0 saturated carbocycles. The number of aromatic hydroxyl groups is 1. The van der Waals surface area contributed by atoms with E-state index in [1.165, 1.54) is 37.7 Å². The minimum atomic E-state index is -0.510. The number of aliphatic hydroxyl groups excluding tert-OH is 1. The molecule has 2 N–H and O–H groups in total. The van der Waals surface area contributed by atoms with Crippen LogP contribution < -0.4 is 0 Å². The van der Waals surface area contributed by atoms with E-state index in [2.05, 4.69) is 42.2 Å². The Kier molecular flexibility index (Phi) is 5.01. The molecule has 2 unspecified atom stereocenters. The van der Waals surface area contributed by atoms with Crippen LogP contribution in [0.4, 0.5) is 0 Å². The van der Waals surface area contributed by atoms with Crippen LogP contribution in [-0.2, 0) is 6.42 Å². The second kappa shape index (κ2) is 7.42. The molecule has 2 heterocycles. The number of nitrogens with zero attached hydrogens (tertiary/aromatic N) is 1.